The minimum atomic E-state index is -0.420. The lowest BCUT2D eigenvalue weighted by atomic mass is 10.0. The molecule has 0 N–H and O–H groups in total. The molecule has 3 aromatic rings. The Bertz CT molecular complexity index is 1300. The van der Waals surface area contributed by atoms with Gasteiger partial charge in [-0.05, 0) is 61.0 Å². The number of imide groups is 1. The molecule has 2 aromatic carbocycles. The summed E-state index contributed by atoms with van der Waals surface area (Å²) in [5, 5.41) is 11.0. The number of thioether (sulfide) groups is 1. The smallest absolute Gasteiger partial charge is 0.293 e. The van der Waals surface area contributed by atoms with E-state index in [4.69, 9.17) is 4.42 Å². The average Bonchev–Trinajstić information content (AvgIpc) is 3.31. The molecule has 7 nitrogen and oxygen atoms in total. The van der Waals surface area contributed by atoms with E-state index >= 15 is 0 Å². The largest absolute Gasteiger partial charge is 0.457 e. The molecular formula is C23H17BrN2O5S. The van der Waals surface area contributed by atoms with Crippen LogP contribution in [0, 0.1) is 24.0 Å². The summed E-state index contributed by atoms with van der Waals surface area (Å²) >= 11 is 4.28. The molecule has 0 saturated carbocycles. The van der Waals surface area contributed by atoms with Gasteiger partial charge in [-0.3, -0.25) is 24.6 Å². The highest BCUT2D eigenvalue weighted by molar-refractivity contribution is 9.10. The Labute approximate surface area is 196 Å². The van der Waals surface area contributed by atoms with E-state index in [0.29, 0.717) is 22.6 Å². The van der Waals surface area contributed by atoms with Crippen LogP contribution in [-0.2, 0) is 11.3 Å². The van der Waals surface area contributed by atoms with Crippen LogP contribution in [0.4, 0.5) is 10.5 Å². The molecule has 9 heteroatoms. The van der Waals surface area contributed by atoms with Crippen molar-refractivity contribution in [1.29, 1.82) is 0 Å². The summed E-state index contributed by atoms with van der Waals surface area (Å²) in [6.07, 6.45) is 1.52. The molecule has 2 amide bonds. The third-order valence-electron chi connectivity index (χ3n) is 5.18. The van der Waals surface area contributed by atoms with Crippen molar-refractivity contribution < 1.29 is 18.9 Å². The third kappa shape index (κ3) is 4.26. The van der Waals surface area contributed by atoms with Crippen molar-refractivity contribution in [1.82, 2.24) is 4.90 Å². The number of rotatable bonds is 5. The molecule has 0 aliphatic carbocycles. The maximum absolute atomic E-state index is 12.8. The molecule has 0 bridgehead atoms. The first-order chi connectivity index (χ1) is 15.2. The van der Waals surface area contributed by atoms with Crippen LogP contribution in [0.15, 0.2) is 62.3 Å². The van der Waals surface area contributed by atoms with Crippen LogP contribution in [0.1, 0.15) is 22.5 Å². The average molecular weight is 513 g/mol. The quantitative estimate of drug-likeness (QED) is 0.221. The van der Waals surface area contributed by atoms with Crippen molar-refractivity contribution in [2.75, 3.05) is 0 Å². The molecule has 0 radical (unpaired) electrons. The predicted octanol–water partition coefficient (Wildman–Crippen LogP) is 6.47. The fourth-order valence-electron chi connectivity index (χ4n) is 3.32. The second-order valence-electron chi connectivity index (χ2n) is 7.26. The third-order valence-corrected chi connectivity index (χ3v) is 6.86. The maximum atomic E-state index is 12.8. The molecule has 32 heavy (non-hydrogen) atoms. The normalized spacial score (nSPS) is 15.1. The summed E-state index contributed by atoms with van der Waals surface area (Å²) in [5.41, 5.74) is 2.80. The number of benzene rings is 2. The Morgan fingerprint density at radius 1 is 1.16 bits per heavy atom. The second-order valence-corrected chi connectivity index (χ2v) is 9.10. The van der Waals surface area contributed by atoms with Crippen molar-refractivity contribution in [3.05, 3.63) is 90.5 Å². The van der Waals surface area contributed by atoms with Crippen molar-refractivity contribution >= 4 is 50.6 Å². The number of nitro benzene ring substituents is 1. The van der Waals surface area contributed by atoms with Crippen LogP contribution < -0.4 is 0 Å². The molecule has 1 aliphatic rings. The van der Waals surface area contributed by atoms with E-state index in [9.17, 15) is 19.7 Å². The van der Waals surface area contributed by atoms with Crippen LogP contribution in [0.5, 0.6) is 0 Å². The molecule has 1 fully saturated rings. The lowest BCUT2D eigenvalue weighted by molar-refractivity contribution is -0.385. The summed E-state index contributed by atoms with van der Waals surface area (Å²) in [4.78, 5) is 37.6. The van der Waals surface area contributed by atoms with E-state index in [1.165, 1.54) is 17.0 Å². The number of furan rings is 1. The van der Waals surface area contributed by atoms with Gasteiger partial charge >= 0.3 is 0 Å². The first kappa shape index (κ1) is 22.0. The second kappa shape index (κ2) is 8.76. The fourth-order valence-corrected chi connectivity index (χ4v) is 4.55. The maximum Gasteiger partial charge on any atom is 0.293 e. The highest BCUT2D eigenvalue weighted by atomic mass is 79.9. The number of halogens is 1. The van der Waals surface area contributed by atoms with Gasteiger partial charge in [-0.1, -0.05) is 34.1 Å². The lowest BCUT2D eigenvalue weighted by Crippen LogP contribution is -2.27. The molecule has 4 rings (SSSR count). The van der Waals surface area contributed by atoms with E-state index in [1.54, 1.807) is 26.0 Å². The monoisotopic (exact) mass is 512 g/mol. The number of carbonyl (C=O) groups is 2. The van der Waals surface area contributed by atoms with E-state index in [0.717, 1.165) is 27.4 Å². The van der Waals surface area contributed by atoms with Crippen molar-refractivity contribution in [2.45, 2.75) is 20.4 Å². The molecule has 0 atom stereocenters. The number of aryl methyl sites for hydroxylation is 1. The first-order valence-electron chi connectivity index (χ1n) is 9.59. The molecule has 1 aromatic heterocycles. The molecular weight excluding hydrogens is 496 g/mol. The Morgan fingerprint density at radius 2 is 1.91 bits per heavy atom. The van der Waals surface area contributed by atoms with E-state index in [-0.39, 0.29) is 22.4 Å². The van der Waals surface area contributed by atoms with E-state index in [2.05, 4.69) is 15.9 Å². The summed E-state index contributed by atoms with van der Waals surface area (Å²) in [5.74, 6) is 0.428. The Hall–Kier alpha value is -3.17. The zero-order valence-electron chi connectivity index (χ0n) is 17.1. The minimum absolute atomic E-state index is 0.0196. The zero-order valence-corrected chi connectivity index (χ0v) is 19.5. The number of nitro groups is 1. The van der Waals surface area contributed by atoms with Crippen molar-refractivity contribution in [3.8, 4) is 11.3 Å². The van der Waals surface area contributed by atoms with Gasteiger partial charge < -0.3 is 4.42 Å². The highest BCUT2D eigenvalue weighted by Crippen LogP contribution is 2.36. The van der Waals surface area contributed by atoms with E-state index < -0.39 is 10.8 Å². The van der Waals surface area contributed by atoms with Gasteiger partial charge in [0.2, 0.25) is 0 Å². The Morgan fingerprint density at radius 3 is 2.62 bits per heavy atom. The number of carbonyl (C=O) groups excluding carboxylic acids is 2. The topological polar surface area (TPSA) is 93.7 Å². The van der Waals surface area contributed by atoms with Crippen LogP contribution in [0.3, 0.4) is 0 Å². The number of amides is 2. The van der Waals surface area contributed by atoms with Gasteiger partial charge in [0.25, 0.3) is 16.8 Å². The van der Waals surface area contributed by atoms with Gasteiger partial charge in [0.15, 0.2) is 0 Å². The van der Waals surface area contributed by atoms with Gasteiger partial charge in [0.05, 0.1) is 16.4 Å². The predicted molar refractivity (Wildman–Crippen MR) is 126 cm³/mol. The first-order valence-corrected chi connectivity index (χ1v) is 11.2. The number of hydrogen-bond acceptors (Lipinski definition) is 6. The lowest BCUT2D eigenvalue weighted by Gasteiger charge is -2.13. The number of hydrogen-bond donors (Lipinski definition) is 0. The van der Waals surface area contributed by atoms with Gasteiger partial charge in [0, 0.05) is 27.7 Å². The molecule has 1 saturated heterocycles. The van der Waals surface area contributed by atoms with Crippen LogP contribution in [-0.4, -0.2) is 21.0 Å². The van der Waals surface area contributed by atoms with Crippen LogP contribution in [0.25, 0.3) is 17.4 Å². The van der Waals surface area contributed by atoms with Crippen LogP contribution in [0.2, 0.25) is 0 Å². The number of nitrogens with zero attached hydrogens (tertiary/aromatic N) is 2. The summed E-state index contributed by atoms with van der Waals surface area (Å²) in [6, 6.07) is 14.0. The standard InChI is InChI=1S/C23H17BrN2O5S/c1-13-9-16(10-19(14(13)2)26(29)30)20-8-7-17(31-20)11-21-22(27)25(23(28)32-21)12-15-5-3-4-6-18(15)24/h3-11H,12H2,1-2H3/b21-11-. The summed E-state index contributed by atoms with van der Waals surface area (Å²) in [6.45, 7) is 3.67. The van der Waals surface area contributed by atoms with Gasteiger partial charge in [-0.2, -0.15) is 0 Å². The molecule has 1 aliphatic heterocycles. The molecule has 162 valence electrons. The molecule has 0 spiro atoms. The highest BCUT2D eigenvalue weighted by Gasteiger charge is 2.35. The van der Waals surface area contributed by atoms with Crippen molar-refractivity contribution in [2.24, 2.45) is 0 Å². The molecule has 0 unspecified atom stereocenters. The zero-order chi connectivity index (χ0) is 23.0. The SMILES string of the molecule is Cc1cc(-c2ccc(/C=C3\SC(=O)N(Cc4ccccc4Br)C3=O)o2)cc([N+](=O)[O-])c1C. The summed E-state index contributed by atoms with van der Waals surface area (Å²) < 4.78 is 6.64. The Kier molecular flexibility index (Phi) is 6.03. The van der Waals surface area contributed by atoms with Gasteiger partial charge in [-0.25, -0.2) is 0 Å². The van der Waals surface area contributed by atoms with Crippen LogP contribution >= 0.6 is 27.7 Å². The fraction of sp³-hybridized carbons (Fsp3) is 0.130. The minimum Gasteiger partial charge on any atom is -0.457 e. The Balaban J connectivity index is 1.59. The van der Waals surface area contributed by atoms with Crippen molar-refractivity contribution in [3.63, 3.8) is 0 Å². The summed E-state index contributed by atoms with van der Waals surface area (Å²) in [7, 11) is 0. The van der Waals surface area contributed by atoms with Gasteiger partial charge in [-0.15, -0.1) is 0 Å². The van der Waals surface area contributed by atoms with E-state index in [1.807, 2.05) is 30.3 Å². The molecule has 2 heterocycles. The van der Waals surface area contributed by atoms with Gasteiger partial charge in [0.1, 0.15) is 11.5 Å².